The number of benzene rings is 1. The molecule has 15 heavy (non-hydrogen) atoms. The van der Waals surface area contributed by atoms with Crippen molar-refractivity contribution in [3.05, 3.63) is 34.3 Å². The minimum atomic E-state index is 0.601. The summed E-state index contributed by atoms with van der Waals surface area (Å²) in [6.45, 7) is 2.96. The monoisotopic (exact) mass is 270 g/mol. The molecule has 4 heteroatoms. The van der Waals surface area contributed by atoms with E-state index >= 15 is 0 Å². The van der Waals surface area contributed by atoms with Crippen LogP contribution < -0.4 is 0 Å². The van der Waals surface area contributed by atoms with Gasteiger partial charge in [-0.2, -0.15) is 0 Å². The zero-order chi connectivity index (χ0) is 11.3. The van der Waals surface area contributed by atoms with E-state index in [1.807, 2.05) is 36.2 Å². The largest absolute Gasteiger partial charge is 0.409 e. The molecule has 0 bridgehead atoms. The molecule has 1 N–H and O–H groups in total. The van der Waals surface area contributed by atoms with Crippen molar-refractivity contribution < 1.29 is 5.21 Å². The van der Waals surface area contributed by atoms with Gasteiger partial charge in [-0.15, -0.1) is 0 Å². The Kier molecular flexibility index (Phi) is 4.62. The Morgan fingerprint density at radius 1 is 1.40 bits per heavy atom. The predicted octanol–water partition coefficient (Wildman–Crippen LogP) is 2.93. The Balaban J connectivity index is 2.88. The van der Waals surface area contributed by atoms with E-state index in [-0.39, 0.29) is 0 Å². The number of oxime groups is 1. The lowest BCUT2D eigenvalue weighted by Crippen LogP contribution is -2.28. The van der Waals surface area contributed by atoms with Crippen molar-refractivity contribution >= 4 is 21.8 Å². The summed E-state index contributed by atoms with van der Waals surface area (Å²) < 4.78 is 1.02. The van der Waals surface area contributed by atoms with E-state index in [0.717, 1.165) is 23.0 Å². The Morgan fingerprint density at radius 2 is 2.00 bits per heavy atom. The molecule has 0 spiro atoms. The molecule has 0 saturated heterocycles. The van der Waals surface area contributed by atoms with Gasteiger partial charge in [-0.3, -0.25) is 0 Å². The summed E-state index contributed by atoms with van der Waals surface area (Å²) in [7, 11) is 1.92. The van der Waals surface area contributed by atoms with Gasteiger partial charge in [-0.25, -0.2) is 0 Å². The lowest BCUT2D eigenvalue weighted by Gasteiger charge is -2.19. The molecule has 82 valence electrons. The first-order valence-corrected chi connectivity index (χ1v) is 5.67. The van der Waals surface area contributed by atoms with Crippen LogP contribution in [-0.2, 0) is 0 Å². The fourth-order valence-electron chi connectivity index (χ4n) is 1.39. The van der Waals surface area contributed by atoms with E-state index in [4.69, 9.17) is 5.21 Å². The number of amidine groups is 1. The normalized spacial score (nSPS) is 11.5. The van der Waals surface area contributed by atoms with Crippen LogP contribution in [0.3, 0.4) is 0 Å². The summed E-state index contributed by atoms with van der Waals surface area (Å²) >= 11 is 3.37. The first-order valence-electron chi connectivity index (χ1n) is 4.88. The molecule has 0 amide bonds. The van der Waals surface area contributed by atoms with Crippen LogP contribution in [0, 0.1) is 0 Å². The quantitative estimate of drug-likeness (QED) is 0.397. The highest BCUT2D eigenvalue weighted by Gasteiger charge is 2.08. The average Bonchev–Trinajstić information content (AvgIpc) is 2.22. The van der Waals surface area contributed by atoms with E-state index in [2.05, 4.69) is 28.0 Å². The number of hydrogen-bond acceptors (Lipinski definition) is 2. The molecule has 1 aromatic carbocycles. The maximum atomic E-state index is 8.98. The number of hydrogen-bond donors (Lipinski definition) is 1. The number of halogens is 1. The van der Waals surface area contributed by atoms with Crippen LogP contribution in [0.25, 0.3) is 0 Å². The van der Waals surface area contributed by atoms with Crippen molar-refractivity contribution in [2.45, 2.75) is 13.3 Å². The van der Waals surface area contributed by atoms with Crippen LogP contribution in [0.1, 0.15) is 18.9 Å². The van der Waals surface area contributed by atoms with Crippen LogP contribution in [0.5, 0.6) is 0 Å². The SMILES string of the molecule is CCCN(C)/C(=N/O)c1ccc(Br)cc1. The molecule has 0 heterocycles. The molecule has 1 aromatic rings. The lowest BCUT2D eigenvalue weighted by atomic mass is 10.2. The highest BCUT2D eigenvalue weighted by molar-refractivity contribution is 9.10. The molecular formula is C11H15BrN2O. The first-order chi connectivity index (χ1) is 7.19. The van der Waals surface area contributed by atoms with Crippen LogP contribution in [0.2, 0.25) is 0 Å². The molecule has 3 nitrogen and oxygen atoms in total. The molecule has 0 unspecified atom stereocenters. The van der Waals surface area contributed by atoms with Crippen molar-refractivity contribution in [2.24, 2.45) is 5.16 Å². The minimum absolute atomic E-state index is 0.601. The number of rotatable bonds is 3. The third-order valence-electron chi connectivity index (χ3n) is 2.12. The van der Waals surface area contributed by atoms with Gasteiger partial charge in [0.25, 0.3) is 0 Å². The molecule has 0 aliphatic heterocycles. The molecule has 0 fully saturated rings. The topological polar surface area (TPSA) is 35.8 Å². The Bertz CT molecular complexity index is 335. The zero-order valence-corrected chi connectivity index (χ0v) is 10.5. The molecule has 0 atom stereocenters. The van der Waals surface area contributed by atoms with Gasteiger partial charge in [0.1, 0.15) is 0 Å². The summed E-state index contributed by atoms with van der Waals surface area (Å²) in [5.74, 6) is 0.601. The third-order valence-corrected chi connectivity index (χ3v) is 2.65. The molecule has 0 aliphatic carbocycles. The Morgan fingerprint density at radius 3 is 2.47 bits per heavy atom. The summed E-state index contributed by atoms with van der Waals surface area (Å²) in [5, 5.41) is 12.3. The summed E-state index contributed by atoms with van der Waals surface area (Å²) in [5.41, 5.74) is 0.914. The first kappa shape index (κ1) is 12.0. The molecule has 0 aromatic heterocycles. The van der Waals surface area contributed by atoms with Crippen molar-refractivity contribution in [2.75, 3.05) is 13.6 Å². The van der Waals surface area contributed by atoms with Crippen LogP contribution in [0.4, 0.5) is 0 Å². The van der Waals surface area contributed by atoms with Crippen LogP contribution in [-0.4, -0.2) is 29.5 Å². The highest BCUT2D eigenvalue weighted by Crippen LogP contribution is 2.12. The maximum absolute atomic E-state index is 8.98. The predicted molar refractivity (Wildman–Crippen MR) is 65.4 cm³/mol. The van der Waals surface area contributed by atoms with Crippen molar-refractivity contribution in [1.82, 2.24) is 4.90 Å². The second kappa shape index (κ2) is 5.75. The summed E-state index contributed by atoms with van der Waals surface area (Å²) in [6.07, 6.45) is 1.02. The van der Waals surface area contributed by atoms with Gasteiger partial charge in [0.2, 0.25) is 0 Å². The van der Waals surface area contributed by atoms with Gasteiger partial charge >= 0.3 is 0 Å². The van der Waals surface area contributed by atoms with Gasteiger partial charge in [-0.1, -0.05) is 40.1 Å². The minimum Gasteiger partial charge on any atom is -0.409 e. The van der Waals surface area contributed by atoms with Crippen LogP contribution >= 0.6 is 15.9 Å². The maximum Gasteiger partial charge on any atom is 0.175 e. The van der Waals surface area contributed by atoms with Gasteiger partial charge in [0, 0.05) is 23.6 Å². The standard InChI is InChI=1S/C11H15BrN2O/c1-3-8-14(2)11(13-15)9-4-6-10(12)7-5-9/h4-7,15H,3,8H2,1-2H3/b13-11+. The van der Waals surface area contributed by atoms with Crippen LogP contribution in [0.15, 0.2) is 33.9 Å². The van der Waals surface area contributed by atoms with E-state index in [1.54, 1.807) is 0 Å². The van der Waals surface area contributed by atoms with E-state index in [0.29, 0.717) is 5.84 Å². The van der Waals surface area contributed by atoms with Gasteiger partial charge in [0.15, 0.2) is 5.84 Å². The molecule has 0 radical (unpaired) electrons. The number of nitrogens with zero attached hydrogens (tertiary/aromatic N) is 2. The second-order valence-electron chi connectivity index (χ2n) is 3.35. The average molecular weight is 271 g/mol. The fraction of sp³-hybridized carbons (Fsp3) is 0.364. The van der Waals surface area contributed by atoms with Crippen molar-refractivity contribution in [3.8, 4) is 0 Å². The van der Waals surface area contributed by atoms with E-state index in [9.17, 15) is 0 Å². The van der Waals surface area contributed by atoms with E-state index < -0.39 is 0 Å². The summed E-state index contributed by atoms with van der Waals surface area (Å²) in [6, 6.07) is 7.71. The van der Waals surface area contributed by atoms with Crippen molar-refractivity contribution in [1.29, 1.82) is 0 Å². The van der Waals surface area contributed by atoms with E-state index in [1.165, 1.54) is 0 Å². The third kappa shape index (κ3) is 3.23. The zero-order valence-electron chi connectivity index (χ0n) is 8.94. The molecule has 0 aliphatic rings. The smallest absolute Gasteiger partial charge is 0.175 e. The second-order valence-corrected chi connectivity index (χ2v) is 4.27. The van der Waals surface area contributed by atoms with Crippen molar-refractivity contribution in [3.63, 3.8) is 0 Å². The highest BCUT2D eigenvalue weighted by atomic mass is 79.9. The van der Waals surface area contributed by atoms with Gasteiger partial charge in [-0.05, 0) is 18.6 Å². The Labute approximate surface area is 98.5 Å². The molecule has 1 rings (SSSR count). The van der Waals surface area contributed by atoms with Gasteiger partial charge in [0.05, 0.1) is 0 Å². The molecular weight excluding hydrogens is 256 g/mol. The Hall–Kier alpha value is -1.03. The summed E-state index contributed by atoms with van der Waals surface area (Å²) in [4.78, 5) is 1.93. The molecule has 0 saturated carbocycles. The van der Waals surface area contributed by atoms with Gasteiger partial charge < -0.3 is 10.1 Å². The lowest BCUT2D eigenvalue weighted by molar-refractivity contribution is 0.306. The fourth-order valence-corrected chi connectivity index (χ4v) is 1.66.